The summed E-state index contributed by atoms with van der Waals surface area (Å²) >= 11 is 0. The Hall–Kier alpha value is -6.78. The van der Waals surface area contributed by atoms with Crippen LogP contribution in [-0.4, -0.2) is 19.1 Å². The number of para-hydroxylation sites is 2. The summed E-state index contributed by atoms with van der Waals surface area (Å²) in [5.74, 6) is 1.53. The maximum atomic E-state index is 5.31. The molecule has 3 heterocycles. The maximum absolute atomic E-state index is 5.31. The minimum atomic E-state index is 0.695. The average molecular weight is 639 g/mol. The number of benzene rings is 7. The van der Waals surface area contributed by atoms with Crippen LogP contribution in [0.4, 0.5) is 0 Å². The summed E-state index contributed by atoms with van der Waals surface area (Å²) in [5, 5.41) is 4.78. The number of hydrogen-bond donors (Lipinski definition) is 0. The van der Waals surface area contributed by atoms with Crippen molar-refractivity contribution in [2.24, 2.45) is 0 Å². The van der Waals surface area contributed by atoms with Crippen molar-refractivity contribution < 1.29 is 0 Å². The molecule has 234 valence electrons. The Labute approximate surface area is 289 Å². The van der Waals surface area contributed by atoms with Crippen molar-refractivity contribution in [2.75, 3.05) is 0 Å². The first-order valence-corrected chi connectivity index (χ1v) is 16.9. The highest BCUT2D eigenvalue weighted by molar-refractivity contribution is 6.26. The molecule has 7 aromatic carbocycles. The van der Waals surface area contributed by atoms with Crippen molar-refractivity contribution in [2.45, 2.75) is 0 Å². The van der Waals surface area contributed by atoms with Crippen molar-refractivity contribution in [3.05, 3.63) is 182 Å². The quantitative estimate of drug-likeness (QED) is 0.188. The normalized spacial score (nSPS) is 11.6. The Morgan fingerprint density at radius 1 is 0.360 bits per heavy atom. The van der Waals surface area contributed by atoms with Gasteiger partial charge in [0.2, 0.25) is 0 Å². The molecule has 0 saturated carbocycles. The zero-order chi connectivity index (χ0) is 33.0. The topological polar surface area (TPSA) is 35.6 Å². The standard InChI is InChI=1S/C46H30N4/c1-4-14-31(15-5-1)32-24-26-35(27-25-32)49-41-23-13-11-21-38(41)44-42(49)29-28-37-36-20-10-12-22-40(36)50(45(37)44)43-30-39(33-16-6-2-7-17-33)47-46(48-43)34-18-8-3-9-19-34/h1-30H. The fraction of sp³-hybridized carbons (Fsp3) is 0. The van der Waals surface area contributed by atoms with Crippen LogP contribution < -0.4 is 0 Å². The van der Waals surface area contributed by atoms with Crippen molar-refractivity contribution in [1.82, 2.24) is 19.1 Å². The molecule has 0 N–H and O–H groups in total. The minimum Gasteiger partial charge on any atom is -0.309 e. The van der Waals surface area contributed by atoms with Gasteiger partial charge in [-0.15, -0.1) is 0 Å². The molecular formula is C46H30N4. The van der Waals surface area contributed by atoms with Gasteiger partial charge in [0.1, 0.15) is 5.82 Å². The number of rotatable bonds is 5. The molecule has 0 radical (unpaired) electrons. The average Bonchev–Trinajstić information content (AvgIpc) is 3.72. The van der Waals surface area contributed by atoms with Crippen LogP contribution in [0.15, 0.2) is 182 Å². The van der Waals surface area contributed by atoms with Crippen LogP contribution >= 0.6 is 0 Å². The lowest BCUT2D eigenvalue weighted by atomic mass is 10.1. The summed E-state index contributed by atoms with van der Waals surface area (Å²) in [6, 6.07) is 64.2. The molecule has 50 heavy (non-hydrogen) atoms. The van der Waals surface area contributed by atoms with Crippen molar-refractivity contribution >= 4 is 43.6 Å². The second-order valence-electron chi connectivity index (χ2n) is 12.6. The molecule has 0 fully saturated rings. The molecule has 0 aliphatic heterocycles. The van der Waals surface area contributed by atoms with E-state index in [2.05, 4.69) is 167 Å². The van der Waals surface area contributed by atoms with E-state index in [0.717, 1.165) is 50.4 Å². The van der Waals surface area contributed by atoms with Gasteiger partial charge >= 0.3 is 0 Å². The molecule has 0 saturated heterocycles. The summed E-state index contributed by atoms with van der Waals surface area (Å²) in [6.45, 7) is 0. The van der Waals surface area contributed by atoms with E-state index in [1.54, 1.807) is 0 Å². The van der Waals surface area contributed by atoms with Crippen LogP contribution in [0.2, 0.25) is 0 Å². The van der Waals surface area contributed by atoms with E-state index >= 15 is 0 Å². The molecule has 0 aliphatic rings. The zero-order valence-corrected chi connectivity index (χ0v) is 27.1. The Bertz CT molecular complexity index is 2770. The predicted octanol–water partition coefficient (Wildman–Crippen LogP) is 11.7. The van der Waals surface area contributed by atoms with Crippen LogP contribution in [0.25, 0.3) is 88.9 Å². The van der Waals surface area contributed by atoms with Crippen LogP contribution in [-0.2, 0) is 0 Å². The molecular weight excluding hydrogens is 609 g/mol. The van der Waals surface area contributed by atoms with Gasteiger partial charge in [0.25, 0.3) is 0 Å². The molecule has 4 heteroatoms. The molecule has 0 aliphatic carbocycles. The first-order valence-electron chi connectivity index (χ1n) is 16.9. The highest BCUT2D eigenvalue weighted by Crippen LogP contribution is 2.42. The van der Waals surface area contributed by atoms with Crippen molar-refractivity contribution in [1.29, 1.82) is 0 Å². The Kier molecular flexibility index (Phi) is 6.46. The third kappa shape index (κ3) is 4.46. The number of nitrogens with zero attached hydrogens (tertiary/aromatic N) is 4. The SMILES string of the molecule is c1ccc(-c2ccc(-n3c4ccccc4c4c3ccc3c5ccccc5n(-c5cc(-c6ccccc6)nc(-c6ccccc6)n5)c34)cc2)cc1. The van der Waals surface area contributed by atoms with Gasteiger partial charge in [-0.25, -0.2) is 9.97 Å². The lowest BCUT2D eigenvalue weighted by Gasteiger charge is -2.13. The second-order valence-corrected chi connectivity index (χ2v) is 12.6. The Morgan fingerprint density at radius 2 is 0.920 bits per heavy atom. The summed E-state index contributed by atoms with van der Waals surface area (Å²) in [5.41, 5.74) is 11.0. The number of fused-ring (bicyclic) bond motifs is 7. The maximum Gasteiger partial charge on any atom is 0.162 e. The van der Waals surface area contributed by atoms with E-state index in [4.69, 9.17) is 9.97 Å². The van der Waals surface area contributed by atoms with Gasteiger partial charge in [0.15, 0.2) is 5.82 Å². The fourth-order valence-electron chi connectivity index (χ4n) is 7.48. The van der Waals surface area contributed by atoms with E-state index in [1.165, 1.54) is 32.7 Å². The molecule has 10 rings (SSSR count). The monoisotopic (exact) mass is 638 g/mol. The smallest absolute Gasteiger partial charge is 0.162 e. The van der Waals surface area contributed by atoms with Gasteiger partial charge in [0, 0.05) is 44.4 Å². The molecule has 4 nitrogen and oxygen atoms in total. The van der Waals surface area contributed by atoms with E-state index in [-0.39, 0.29) is 0 Å². The van der Waals surface area contributed by atoms with Gasteiger partial charge < -0.3 is 4.57 Å². The van der Waals surface area contributed by atoms with Crippen molar-refractivity contribution in [3.8, 4) is 45.3 Å². The molecule has 10 aromatic rings. The first-order chi connectivity index (χ1) is 24.8. The van der Waals surface area contributed by atoms with E-state index in [1.807, 2.05) is 24.3 Å². The third-order valence-electron chi connectivity index (χ3n) is 9.75. The largest absolute Gasteiger partial charge is 0.309 e. The van der Waals surface area contributed by atoms with Crippen LogP contribution in [0, 0.1) is 0 Å². The van der Waals surface area contributed by atoms with Crippen LogP contribution in [0.5, 0.6) is 0 Å². The molecule has 0 amide bonds. The summed E-state index contributed by atoms with van der Waals surface area (Å²) in [4.78, 5) is 10.4. The van der Waals surface area contributed by atoms with Gasteiger partial charge in [-0.2, -0.15) is 0 Å². The second kappa shape index (κ2) is 11.4. The Morgan fingerprint density at radius 3 is 1.62 bits per heavy atom. The van der Waals surface area contributed by atoms with Gasteiger partial charge in [-0.1, -0.05) is 146 Å². The molecule has 0 unspecified atom stereocenters. The molecule has 0 atom stereocenters. The summed E-state index contributed by atoms with van der Waals surface area (Å²) < 4.78 is 4.74. The third-order valence-corrected chi connectivity index (χ3v) is 9.75. The van der Waals surface area contributed by atoms with Gasteiger partial charge in [-0.3, -0.25) is 4.57 Å². The number of aromatic nitrogens is 4. The first kappa shape index (κ1) is 28.3. The summed E-state index contributed by atoms with van der Waals surface area (Å²) in [7, 11) is 0. The predicted molar refractivity (Wildman–Crippen MR) is 207 cm³/mol. The van der Waals surface area contributed by atoms with Gasteiger partial charge in [0.05, 0.1) is 27.8 Å². The lowest BCUT2D eigenvalue weighted by molar-refractivity contribution is 1.05. The zero-order valence-electron chi connectivity index (χ0n) is 27.1. The highest BCUT2D eigenvalue weighted by Gasteiger charge is 2.22. The summed E-state index contributed by atoms with van der Waals surface area (Å²) in [6.07, 6.45) is 0. The fourth-order valence-corrected chi connectivity index (χ4v) is 7.48. The molecule has 0 bridgehead atoms. The molecule has 3 aromatic heterocycles. The van der Waals surface area contributed by atoms with Crippen LogP contribution in [0.3, 0.4) is 0 Å². The van der Waals surface area contributed by atoms with E-state index in [0.29, 0.717) is 5.82 Å². The van der Waals surface area contributed by atoms with E-state index < -0.39 is 0 Å². The minimum absolute atomic E-state index is 0.695. The van der Waals surface area contributed by atoms with Gasteiger partial charge in [-0.05, 0) is 41.5 Å². The lowest BCUT2D eigenvalue weighted by Crippen LogP contribution is -2.02. The van der Waals surface area contributed by atoms with E-state index in [9.17, 15) is 0 Å². The Balaban J connectivity index is 1.29. The van der Waals surface area contributed by atoms with Crippen molar-refractivity contribution in [3.63, 3.8) is 0 Å². The molecule has 0 spiro atoms. The van der Waals surface area contributed by atoms with Crippen LogP contribution in [0.1, 0.15) is 0 Å². The number of hydrogen-bond acceptors (Lipinski definition) is 2. The highest BCUT2D eigenvalue weighted by atomic mass is 15.1.